The number of halogens is 3. The van der Waals surface area contributed by atoms with E-state index >= 15 is 0 Å². The number of hydrogen-bond donors (Lipinski definition) is 0. The summed E-state index contributed by atoms with van der Waals surface area (Å²) in [7, 11) is 0. The third-order valence-corrected chi connectivity index (χ3v) is 8.12. The molecule has 2 aliphatic rings. The number of ether oxygens (including phenoxy) is 3. The smallest absolute Gasteiger partial charge is 0.419 e. The number of benzene rings is 2. The Morgan fingerprint density at radius 2 is 1.45 bits per heavy atom. The van der Waals surface area contributed by atoms with Gasteiger partial charge in [-0.2, -0.15) is 13.2 Å². The fourth-order valence-corrected chi connectivity index (χ4v) is 5.88. The summed E-state index contributed by atoms with van der Waals surface area (Å²) in [5.74, 6) is 0.273. The lowest BCUT2D eigenvalue weighted by Gasteiger charge is -2.35. The molecular formula is C33H45F3N2O4. The number of carbonyl (C=O) groups is 1. The van der Waals surface area contributed by atoms with Crippen molar-refractivity contribution in [2.75, 3.05) is 32.8 Å². The third-order valence-electron chi connectivity index (χ3n) is 8.12. The molecule has 0 amide bonds. The first-order chi connectivity index (χ1) is 19.9. The average Bonchev–Trinajstić information content (AvgIpc) is 2.92. The molecule has 2 aromatic rings. The number of hydrogen-bond acceptors (Lipinski definition) is 6. The second-order valence-electron chi connectivity index (χ2n) is 12.2. The largest absolute Gasteiger partial charge is 0.490 e. The molecule has 2 aromatic carbocycles. The number of aryl methyl sites for hydroxylation is 2. The monoisotopic (exact) mass is 590 g/mol. The predicted octanol–water partition coefficient (Wildman–Crippen LogP) is 7.07. The van der Waals surface area contributed by atoms with Crippen molar-refractivity contribution in [1.82, 2.24) is 9.80 Å². The van der Waals surface area contributed by atoms with Crippen LogP contribution in [0, 0.1) is 13.8 Å². The Morgan fingerprint density at radius 1 is 0.881 bits per heavy atom. The maximum atomic E-state index is 13.7. The summed E-state index contributed by atoms with van der Waals surface area (Å²) in [4.78, 5) is 17.0. The molecule has 9 heteroatoms. The van der Waals surface area contributed by atoms with Crippen molar-refractivity contribution in [1.29, 1.82) is 0 Å². The van der Waals surface area contributed by atoms with E-state index in [0.717, 1.165) is 81.5 Å². The lowest BCUT2D eigenvalue weighted by Crippen LogP contribution is -2.45. The summed E-state index contributed by atoms with van der Waals surface area (Å²) in [6, 6.07) is 8.57. The number of alkyl halides is 3. The Labute approximate surface area is 248 Å². The molecular weight excluding hydrogens is 545 g/mol. The highest BCUT2D eigenvalue weighted by Gasteiger charge is 2.36. The molecule has 1 saturated carbocycles. The Kier molecular flexibility index (Phi) is 10.5. The van der Waals surface area contributed by atoms with Crippen LogP contribution < -0.4 is 9.47 Å². The van der Waals surface area contributed by atoms with E-state index in [0.29, 0.717) is 18.9 Å². The van der Waals surface area contributed by atoms with Crippen LogP contribution in [0.2, 0.25) is 0 Å². The zero-order chi connectivity index (χ0) is 30.5. The average molecular weight is 591 g/mol. The van der Waals surface area contributed by atoms with E-state index in [1.54, 1.807) is 32.9 Å². The van der Waals surface area contributed by atoms with Gasteiger partial charge in [0, 0.05) is 39.3 Å². The zero-order valence-electron chi connectivity index (χ0n) is 25.6. The Balaban J connectivity index is 1.34. The van der Waals surface area contributed by atoms with Crippen molar-refractivity contribution in [3.05, 3.63) is 58.1 Å². The predicted molar refractivity (Wildman–Crippen MR) is 157 cm³/mol. The highest BCUT2D eigenvalue weighted by Crippen LogP contribution is 2.38. The van der Waals surface area contributed by atoms with Crippen LogP contribution in [-0.2, 0) is 28.8 Å². The van der Waals surface area contributed by atoms with Gasteiger partial charge in [-0.15, -0.1) is 0 Å². The van der Waals surface area contributed by atoms with Crippen molar-refractivity contribution in [3.8, 4) is 11.5 Å². The summed E-state index contributed by atoms with van der Waals surface area (Å²) in [6.07, 6.45) is 0.156. The third kappa shape index (κ3) is 8.40. The lowest BCUT2D eigenvalue weighted by atomic mass is 9.97. The minimum atomic E-state index is -4.44. The zero-order valence-corrected chi connectivity index (χ0v) is 25.6. The van der Waals surface area contributed by atoms with Crippen molar-refractivity contribution >= 4 is 5.97 Å². The van der Waals surface area contributed by atoms with E-state index in [1.165, 1.54) is 11.6 Å². The Bertz CT molecular complexity index is 1190. The first kappa shape index (κ1) is 32.1. The highest BCUT2D eigenvalue weighted by molar-refractivity contribution is 5.79. The minimum absolute atomic E-state index is 0.0330. The van der Waals surface area contributed by atoms with E-state index in [1.807, 2.05) is 13.8 Å². The minimum Gasteiger partial charge on any atom is -0.490 e. The number of carbonyl (C=O) groups excluding carboxylic acids is 1. The van der Waals surface area contributed by atoms with E-state index in [4.69, 9.17) is 14.2 Å². The van der Waals surface area contributed by atoms with Crippen LogP contribution in [0.5, 0.6) is 11.5 Å². The molecule has 0 unspecified atom stereocenters. The van der Waals surface area contributed by atoms with Gasteiger partial charge in [-0.05, 0) is 94.7 Å². The van der Waals surface area contributed by atoms with E-state index < -0.39 is 23.3 Å². The molecule has 6 nitrogen and oxygen atoms in total. The summed E-state index contributed by atoms with van der Waals surface area (Å²) < 4.78 is 58.3. The van der Waals surface area contributed by atoms with E-state index in [-0.39, 0.29) is 11.9 Å². The molecule has 0 bridgehead atoms. The number of piperazine rings is 1. The normalized spacial score (nSPS) is 17.7. The SMILES string of the molecule is CCOC(=O)C(C)(C)Oc1c(C)cc(CN2CCN(Cc3ccc(C(F)(F)F)c(OC4CCCCC4)c3)CC2)cc1C. The number of esters is 1. The summed E-state index contributed by atoms with van der Waals surface area (Å²) in [5, 5.41) is 0. The van der Waals surface area contributed by atoms with Gasteiger partial charge in [0.15, 0.2) is 5.60 Å². The molecule has 0 radical (unpaired) electrons. The van der Waals surface area contributed by atoms with Gasteiger partial charge in [-0.3, -0.25) is 9.80 Å². The van der Waals surface area contributed by atoms with Crippen LogP contribution in [0.15, 0.2) is 30.3 Å². The second-order valence-corrected chi connectivity index (χ2v) is 12.2. The molecule has 4 rings (SSSR count). The number of rotatable bonds is 10. The molecule has 0 N–H and O–H groups in total. The molecule has 0 atom stereocenters. The Morgan fingerprint density at radius 3 is 2.00 bits per heavy atom. The van der Waals surface area contributed by atoms with Crippen molar-refractivity contribution in [3.63, 3.8) is 0 Å². The van der Waals surface area contributed by atoms with Gasteiger partial charge < -0.3 is 14.2 Å². The summed E-state index contributed by atoms with van der Waals surface area (Å²) in [6.45, 7) is 14.2. The molecule has 0 aromatic heterocycles. The van der Waals surface area contributed by atoms with Crippen molar-refractivity contribution < 1.29 is 32.2 Å². The van der Waals surface area contributed by atoms with Crippen LogP contribution in [0.3, 0.4) is 0 Å². The standard InChI is InChI=1S/C33H45F3N2O4/c1-6-40-31(39)32(4,5)42-30-23(2)18-26(19-24(30)3)22-38-16-14-37(15-17-38)21-25-12-13-28(33(34,35)36)29(20-25)41-27-10-8-7-9-11-27/h12-13,18-20,27H,6-11,14-17,21-22H2,1-5H3. The van der Waals surface area contributed by atoms with Gasteiger partial charge in [0.05, 0.1) is 18.3 Å². The first-order valence-electron chi connectivity index (χ1n) is 15.1. The molecule has 1 aliphatic heterocycles. The molecule has 0 spiro atoms. The maximum absolute atomic E-state index is 13.7. The van der Waals surface area contributed by atoms with Crippen molar-refractivity contribution in [2.45, 2.75) is 97.7 Å². The molecule has 1 aliphatic carbocycles. The van der Waals surface area contributed by atoms with Crippen molar-refractivity contribution in [2.24, 2.45) is 0 Å². The Hall–Kier alpha value is -2.78. The van der Waals surface area contributed by atoms with E-state index in [9.17, 15) is 18.0 Å². The molecule has 1 heterocycles. The second kappa shape index (κ2) is 13.7. The fourth-order valence-electron chi connectivity index (χ4n) is 5.88. The first-order valence-corrected chi connectivity index (χ1v) is 15.1. The van der Waals surface area contributed by atoms with Gasteiger partial charge in [-0.25, -0.2) is 4.79 Å². The van der Waals surface area contributed by atoms with Gasteiger partial charge in [-0.1, -0.05) is 24.6 Å². The topological polar surface area (TPSA) is 51.2 Å². The molecule has 2 fully saturated rings. The van der Waals surface area contributed by atoms with Crippen LogP contribution in [0.4, 0.5) is 13.2 Å². The van der Waals surface area contributed by atoms with Crippen LogP contribution >= 0.6 is 0 Å². The van der Waals surface area contributed by atoms with E-state index in [2.05, 4.69) is 21.9 Å². The molecule has 232 valence electrons. The van der Waals surface area contributed by atoms with Gasteiger partial charge in [0.1, 0.15) is 11.5 Å². The lowest BCUT2D eigenvalue weighted by molar-refractivity contribution is -0.158. The summed E-state index contributed by atoms with van der Waals surface area (Å²) in [5.41, 5.74) is 2.18. The van der Waals surface area contributed by atoms with Crippen LogP contribution in [0.1, 0.15) is 80.7 Å². The number of nitrogens with zero attached hydrogens (tertiary/aromatic N) is 2. The van der Waals surface area contributed by atoms with Gasteiger partial charge in [0.25, 0.3) is 0 Å². The fraction of sp³-hybridized carbons (Fsp3) is 0.606. The highest BCUT2D eigenvalue weighted by atomic mass is 19.4. The quantitative estimate of drug-likeness (QED) is 0.276. The van der Waals surface area contributed by atoms with Crippen LogP contribution in [0.25, 0.3) is 0 Å². The molecule has 42 heavy (non-hydrogen) atoms. The summed E-state index contributed by atoms with van der Waals surface area (Å²) >= 11 is 0. The maximum Gasteiger partial charge on any atom is 0.419 e. The molecule has 1 saturated heterocycles. The van der Waals surface area contributed by atoms with Gasteiger partial charge in [0.2, 0.25) is 0 Å². The van der Waals surface area contributed by atoms with Crippen LogP contribution in [-0.4, -0.2) is 60.3 Å². The van der Waals surface area contributed by atoms with Gasteiger partial charge >= 0.3 is 12.1 Å².